The van der Waals surface area contributed by atoms with E-state index < -0.39 is 6.10 Å². The van der Waals surface area contributed by atoms with Crippen LogP contribution < -0.4 is 10.1 Å². The monoisotopic (exact) mass is 394 g/mol. The number of rotatable bonds is 5. The van der Waals surface area contributed by atoms with E-state index in [9.17, 15) is 9.90 Å². The summed E-state index contributed by atoms with van der Waals surface area (Å²) in [6.07, 6.45) is 7.71. The van der Waals surface area contributed by atoms with Gasteiger partial charge in [-0.1, -0.05) is 0 Å². The van der Waals surface area contributed by atoms with Gasteiger partial charge >= 0.3 is 0 Å². The molecule has 0 spiro atoms. The van der Waals surface area contributed by atoms with Crippen LogP contribution in [0.1, 0.15) is 23.2 Å². The molecule has 1 fully saturated rings. The number of aliphatic hydroxyl groups is 1. The van der Waals surface area contributed by atoms with E-state index in [0.29, 0.717) is 28.3 Å². The Morgan fingerprint density at radius 1 is 1.54 bits per heavy atom. The Hall–Kier alpha value is -1.93. The van der Waals surface area contributed by atoms with Crippen LogP contribution in [0.4, 0.5) is 0 Å². The largest absolute Gasteiger partial charge is 0.480 e. The van der Waals surface area contributed by atoms with Crippen molar-refractivity contribution >= 4 is 21.8 Å². The molecule has 0 bridgehead atoms. The highest BCUT2D eigenvalue weighted by Crippen LogP contribution is 2.28. The molecular weight excluding hydrogens is 376 g/mol. The van der Waals surface area contributed by atoms with Crippen molar-refractivity contribution in [1.29, 1.82) is 0 Å². The summed E-state index contributed by atoms with van der Waals surface area (Å²) in [5.41, 5.74) is 0.424. The number of carbonyl (C=O) groups is 1. The molecule has 0 saturated heterocycles. The molecule has 7 nitrogen and oxygen atoms in total. The Bertz CT molecular complexity index is 707. The van der Waals surface area contributed by atoms with Crippen molar-refractivity contribution in [2.45, 2.75) is 31.5 Å². The number of nitrogens with one attached hydrogen (secondary N) is 1. The third-order valence-electron chi connectivity index (χ3n) is 4.23. The fourth-order valence-electron chi connectivity index (χ4n) is 3.07. The van der Waals surface area contributed by atoms with Gasteiger partial charge in [-0.3, -0.25) is 4.79 Å². The van der Waals surface area contributed by atoms with E-state index >= 15 is 0 Å². The van der Waals surface area contributed by atoms with Crippen LogP contribution in [0.3, 0.4) is 0 Å². The predicted octanol–water partition coefficient (Wildman–Crippen LogP) is 1.62. The molecule has 3 atom stereocenters. The number of methoxy groups -OCH3 is 1. The van der Waals surface area contributed by atoms with Gasteiger partial charge in [0.05, 0.1) is 35.6 Å². The summed E-state index contributed by atoms with van der Waals surface area (Å²) in [6, 6.07) is 1.40. The van der Waals surface area contributed by atoms with Gasteiger partial charge in [0, 0.05) is 25.1 Å². The van der Waals surface area contributed by atoms with Gasteiger partial charge in [0.1, 0.15) is 0 Å². The number of imidazole rings is 1. The minimum absolute atomic E-state index is 0.252. The number of amides is 1. The molecule has 0 aliphatic heterocycles. The van der Waals surface area contributed by atoms with Crippen LogP contribution in [0.15, 0.2) is 35.5 Å². The maximum atomic E-state index is 12.4. The summed E-state index contributed by atoms with van der Waals surface area (Å²) >= 11 is 3.32. The Morgan fingerprint density at radius 3 is 3.04 bits per heavy atom. The molecule has 2 aromatic heterocycles. The Morgan fingerprint density at radius 2 is 2.38 bits per heavy atom. The lowest BCUT2D eigenvalue weighted by molar-refractivity contribution is 0.0872. The normalized spacial score (nSPS) is 23.2. The molecule has 1 saturated carbocycles. The molecular formula is C16H19BrN4O3. The fourth-order valence-corrected chi connectivity index (χ4v) is 3.58. The van der Waals surface area contributed by atoms with Crippen molar-refractivity contribution in [3.05, 3.63) is 41.0 Å². The SMILES string of the molecule is COc1ncc(C(=O)N[C@@H]2CC(Cn3ccnc3)C[C@H]2O)cc1Br. The third-order valence-corrected chi connectivity index (χ3v) is 4.80. The van der Waals surface area contributed by atoms with Crippen LogP contribution >= 0.6 is 15.9 Å². The van der Waals surface area contributed by atoms with Gasteiger partial charge in [0.15, 0.2) is 0 Å². The predicted molar refractivity (Wildman–Crippen MR) is 90.7 cm³/mol. The van der Waals surface area contributed by atoms with Crippen molar-refractivity contribution < 1.29 is 14.6 Å². The van der Waals surface area contributed by atoms with Gasteiger partial charge in [0.25, 0.3) is 5.91 Å². The molecule has 2 aromatic rings. The number of aliphatic hydroxyl groups excluding tert-OH is 1. The zero-order valence-corrected chi connectivity index (χ0v) is 14.8. The van der Waals surface area contributed by atoms with Gasteiger partial charge < -0.3 is 19.7 Å². The van der Waals surface area contributed by atoms with Gasteiger partial charge in [-0.2, -0.15) is 0 Å². The topological polar surface area (TPSA) is 89.3 Å². The maximum absolute atomic E-state index is 12.4. The number of aromatic nitrogens is 3. The van der Waals surface area contributed by atoms with E-state index in [1.54, 1.807) is 18.6 Å². The minimum atomic E-state index is -0.544. The van der Waals surface area contributed by atoms with Crippen molar-refractivity contribution in [1.82, 2.24) is 19.9 Å². The number of ether oxygens (including phenoxy) is 1. The highest BCUT2D eigenvalue weighted by Gasteiger charge is 2.34. The first kappa shape index (κ1) is 16.9. The lowest BCUT2D eigenvalue weighted by Gasteiger charge is -2.16. The number of carbonyl (C=O) groups excluding carboxylic acids is 1. The molecule has 128 valence electrons. The Labute approximate surface area is 148 Å². The van der Waals surface area contributed by atoms with Crippen LogP contribution in [-0.4, -0.2) is 44.8 Å². The van der Waals surface area contributed by atoms with Crippen molar-refractivity contribution in [3.8, 4) is 5.88 Å². The van der Waals surface area contributed by atoms with Crippen molar-refractivity contribution in [2.75, 3.05) is 7.11 Å². The maximum Gasteiger partial charge on any atom is 0.253 e. The third kappa shape index (κ3) is 3.76. The van der Waals surface area contributed by atoms with Crippen LogP contribution in [0.5, 0.6) is 5.88 Å². The zero-order chi connectivity index (χ0) is 17.1. The Balaban J connectivity index is 1.61. The second-order valence-corrected chi connectivity index (χ2v) is 6.81. The molecule has 0 aromatic carbocycles. The van der Waals surface area contributed by atoms with Crippen molar-refractivity contribution in [3.63, 3.8) is 0 Å². The van der Waals surface area contributed by atoms with E-state index in [1.165, 1.54) is 13.3 Å². The van der Waals surface area contributed by atoms with Crippen LogP contribution in [-0.2, 0) is 6.54 Å². The second-order valence-electron chi connectivity index (χ2n) is 5.96. The van der Waals surface area contributed by atoms with Crippen LogP contribution in [0.2, 0.25) is 0 Å². The van der Waals surface area contributed by atoms with Gasteiger partial charge in [-0.15, -0.1) is 0 Å². The summed E-state index contributed by atoms with van der Waals surface area (Å²) in [7, 11) is 1.52. The highest BCUT2D eigenvalue weighted by atomic mass is 79.9. The quantitative estimate of drug-likeness (QED) is 0.803. The van der Waals surface area contributed by atoms with Crippen molar-refractivity contribution in [2.24, 2.45) is 5.92 Å². The molecule has 1 unspecified atom stereocenters. The first-order chi connectivity index (χ1) is 11.6. The summed E-state index contributed by atoms with van der Waals surface area (Å²) in [6.45, 7) is 0.791. The van der Waals surface area contributed by atoms with E-state index in [2.05, 4.69) is 31.2 Å². The average Bonchev–Trinajstić information content (AvgIpc) is 3.18. The van der Waals surface area contributed by atoms with Gasteiger partial charge in [-0.05, 0) is 40.8 Å². The second kappa shape index (κ2) is 7.31. The summed E-state index contributed by atoms with van der Waals surface area (Å²) in [5, 5.41) is 13.1. The lowest BCUT2D eigenvalue weighted by atomic mass is 10.1. The van der Waals surface area contributed by atoms with Crippen LogP contribution in [0, 0.1) is 5.92 Å². The molecule has 0 radical (unpaired) electrons. The standard InChI is InChI=1S/C16H19BrN4O3/c1-24-16-12(17)6-11(7-19-16)15(23)20-13-4-10(5-14(13)22)8-21-3-2-18-9-21/h2-3,6-7,9-10,13-14,22H,4-5,8H2,1H3,(H,20,23)/t10?,13-,14-/m1/s1. The first-order valence-corrected chi connectivity index (χ1v) is 8.50. The molecule has 1 aliphatic carbocycles. The molecule has 24 heavy (non-hydrogen) atoms. The molecule has 2 heterocycles. The van der Waals surface area contributed by atoms with Gasteiger partial charge in [0.2, 0.25) is 5.88 Å². The highest BCUT2D eigenvalue weighted by molar-refractivity contribution is 9.10. The lowest BCUT2D eigenvalue weighted by Crippen LogP contribution is -2.40. The fraction of sp³-hybridized carbons (Fsp3) is 0.438. The van der Waals surface area contributed by atoms with E-state index in [0.717, 1.165) is 13.0 Å². The molecule has 3 rings (SSSR count). The average molecular weight is 395 g/mol. The number of nitrogens with zero attached hydrogens (tertiary/aromatic N) is 3. The molecule has 8 heteroatoms. The van der Waals surface area contributed by atoms with Gasteiger partial charge in [-0.25, -0.2) is 9.97 Å². The number of hydrogen-bond donors (Lipinski definition) is 2. The summed E-state index contributed by atoms with van der Waals surface area (Å²) < 4.78 is 7.66. The first-order valence-electron chi connectivity index (χ1n) is 7.71. The molecule has 2 N–H and O–H groups in total. The summed E-state index contributed by atoms with van der Waals surface area (Å²) in [5.74, 6) is 0.478. The van der Waals surface area contributed by atoms with E-state index in [1.807, 2.05) is 10.8 Å². The zero-order valence-electron chi connectivity index (χ0n) is 13.2. The summed E-state index contributed by atoms with van der Waals surface area (Å²) in [4.78, 5) is 20.5. The minimum Gasteiger partial charge on any atom is -0.480 e. The molecule has 1 amide bonds. The van der Waals surface area contributed by atoms with E-state index in [4.69, 9.17) is 4.74 Å². The van der Waals surface area contributed by atoms with E-state index in [-0.39, 0.29) is 11.9 Å². The number of pyridine rings is 1. The van der Waals surface area contributed by atoms with Crippen LogP contribution in [0.25, 0.3) is 0 Å². The Kier molecular flexibility index (Phi) is 5.15. The smallest absolute Gasteiger partial charge is 0.253 e. The molecule has 1 aliphatic rings. The number of halogens is 1. The number of hydrogen-bond acceptors (Lipinski definition) is 5.